The quantitative estimate of drug-likeness (QED) is 0.136. The fraction of sp³-hybridized carbons (Fsp3) is 0.185. The maximum Gasteiger partial charge on any atom is 0.346 e. The number of methoxy groups -OCH3 is 1. The zero-order valence-corrected chi connectivity index (χ0v) is 20.2. The van der Waals surface area contributed by atoms with Gasteiger partial charge in [-0.3, -0.25) is 4.79 Å². The number of carboxylic acids is 1. The maximum atomic E-state index is 13.6. The number of aromatic carboxylic acids is 1. The van der Waals surface area contributed by atoms with Crippen LogP contribution >= 0.6 is 11.3 Å². The van der Waals surface area contributed by atoms with Crippen LogP contribution in [0.15, 0.2) is 48.8 Å². The van der Waals surface area contributed by atoms with Gasteiger partial charge in [0.15, 0.2) is 0 Å². The third kappa shape index (κ3) is 3.92. The molecule has 0 saturated heterocycles. The molecule has 0 unspecified atom stereocenters. The normalized spacial score (nSPS) is 11.4. The van der Waals surface area contributed by atoms with Crippen molar-refractivity contribution in [2.75, 3.05) is 13.7 Å². The van der Waals surface area contributed by atoms with E-state index in [1.807, 2.05) is 18.2 Å². The molecule has 5 N–H and O–H groups in total. The van der Waals surface area contributed by atoms with Gasteiger partial charge in [-0.1, -0.05) is 18.2 Å². The Morgan fingerprint density at radius 3 is 2.61 bits per heavy atom. The van der Waals surface area contributed by atoms with Gasteiger partial charge in [0.1, 0.15) is 21.3 Å². The maximum absolute atomic E-state index is 13.6. The van der Waals surface area contributed by atoms with E-state index in [1.54, 1.807) is 30.6 Å². The summed E-state index contributed by atoms with van der Waals surface area (Å²) in [6.07, 6.45) is 5.46. The van der Waals surface area contributed by atoms with E-state index in [1.165, 1.54) is 7.11 Å². The fourth-order valence-electron chi connectivity index (χ4n) is 4.57. The Hall–Kier alpha value is -4.08. The van der Waals surface area contributed by atoms with Gasteiger partial charge in [-0.15, -0.1) is 11.3 Å². The first-order valence-corrected chi connectivity index (χ1v) is 12.2. The van der Waals surface area contributed by atoms with Crippen LogP contribution in [0.5, 0.6) is 11.5 Å². The Kier molecular flexibility index (Phi) is 6.26. The molecule has 0 bridgehead atoms. The summed E-state index contributed by atoms with van der Waals surface area (Å²) in [7, 11) is 1.54. The number of para-hydroxylation sites is 1. The number of benzene rings is 2. The molecular weight excluding hydrogens is 480 g/mol. The number of ketones is 1. The number of aromatic hydroxyl groups is 1. The van der Waals surface area contributed by atoms with Gasteiger partial charge in [-0.05, 0) is 43.0 Å². The molecule has 0 aliphatic heterocycles. The summed E-state index contributed by atoms with van der Waals surface area (Å²) in [6.45, 7) is 0.125. The van der Waals surface area contributed by atoms with Crippen molar-refractivity contribution in [1.82, 2.24) is 9.97 Å². The number of aromatic nitrogens is 2. The van der Waals surface area contributed by atoms with Crippen molar-refractivity contribution in [3.63, 3.8) is 0 Å². The van der Waals surface area contributed by atoms with Crippen LogP contribution in [0, 0.1) is 0 Å². The molecule has 0 fully saturated rings. The molecule has 36 heavy (non-hydrogen) atoms. The number of carbonyl (C=O) groups excluding carboxylic acids is 1. The van der Waals surface area contributed by atoms with Crippen LogP contribution in [-0.2, 0) is 6.42 Å². The number of aliphatic hydroxyl groups excluding tert-OH is 1. The molecule has 0 atom stereocenters. The number of rotatable bonds is 9. The predicted octanol–water partition coefficient (Wildman–Crippen LogP) is 5.34. The molecule has 5 rings (SSSR count). The first kappa shape index (κ1) is 23.7. The molecule has 3 aromatic heterocycles. The largest absolute Gasteiger partial charge is 0.506 e. The number of carbonyl (C=O) groups is 2. The minimum Gasteiger partial charge on any atom is -0.506 e. The van der Waals surface area contributed by atoms with E-state index >= 15 is 0 Å². The Labute approximate surface area is 209 Å². The van der Waals surface area contributed by atoms with Gasteiger partial charge in [-0.2, -0.15) is 0 Å². The van der Waals surface area contributed by atoms with Crippen LogP contribution in [0.3, 0.4) is 0 Å². The fourth-order valence-corrected chi connectivity index (χ4v) is 5.57. The number of H-pyrrole nitrogens is 2. The van der Waals surface area contributed by atoms with Gasteiger partial charge in [0, 0.05) is 51.9 Å². The van der Waals surface area contributed by atoms with Crippen molar-refractivity contribution < 1.29 is 29.6 Å². The summed E-state index contributed by atoms with van der Waals surface area (Å²) in [5, 5.41) is 31.6. The van der Waals surface area contributed by atoms with Crippen LogP contribution in [0.25, 0.3) is 32.9 Å². The lowest BCUT2D eigenvalue weighted by Gasteiger charge is -2.04. The molecule has 9 heteroatoms. The number of aliphatic hydroxyl groups is 1. The first-order chi connectivity index (χ1) is 17.4. The van der Waals surface area contributed by atoms with Gasteiger partial charge in [0.05, 0.1) is 12.7 Å². The number of hydrogen-bond donors (Lipinski definition) is 5. The second-order valence-corrected chi connectivity index (χ2v) is 9.48. The number of aryl methyl sites for hydroxylation is 1. The highest BCUT2D eigenvalue weighted by atomic mass is 32.1. The number of thiophene rings is 1. The van der Waals surface area contributed by atoms with Crippen LogP contribution in [0.4, 0.5) is 0 Å². The van der Waals surface area contributed by atoms with Crippen LogP contribution in [0.2, 0.25) is 0 Å². The van der Waals surface area contributed by atoms with E-state index in [9.17, 15) is 19.8 Å². The van der Waals surface area contributed by atoms with Gasteiger partial charge >= 0.3 is 5.97 Å². The van der Waals surface area contributed by atoms with Crippen molar-refractivity contribution in [1.29, 1.82) is 0 Å². The third-order valence-corrected chi connectivity index (χ3v) is 7.51. The van der Waals surface area contributed by atoms with Gasteiger partial charge in [-0.25, -0.2) is 4.79 Å². The zero-order valence-electron chi connectivity index (χ0n) is 19.4. The van der Waals surface area contributed by atoms with Crippen molar-refractivity contribution in [3.8, 4) is 22.6 Å². The van der Waals surface area contributed by atoms with Crippen molar-refractivity contribution >= 4 is 44.9 Å². The summed E-state index contributed by atoms with van der Waals surface area (Å²) in [6, 6.07) is 11.0. The van der Waals surface area contributed by atoms with E-state index in [0.29, 0.717) is 34.1 Å². The van der Waals surface area contributed by atoms with E-state index in [4.69, 9.17) is 9.84 Å². The number of carboxylic acid groups (broad SMARTS) is 1. The number of fused-ring (bicyclic) bond motifs is 2. The topological polar surface area (TPSA) is 136 Å². The summed E-state index contributed by atoms with van der Waals surface area (Å²) < 4.78 is 5.30. The highest BCUT2D eigenvalue weighted by Gasteiger charge is 2.30. The highest BCUT2D eigenvalue weighted by Crippen LogP contribution is 2.46. The van der Waals surface area contributed by atoms with Crippen LogP contribution < -0.4 is 4.74 Å². The van der Waals surface area contributed by atoms with Gasteiger partial charge in [0.25, 0.3) is 0 Å². The van der Waals surface area contributed by atoms with E-state index in [0.717, 1.165) is 40.8 Å². The summed E-state index contributed by atoms with van der Waals surface area (Å²) >= 11 is 0.761. The number of hydrogen-bond acceptors (Lipinski definition) is 6. The summed E-state index contributed by atoms with van der Waals surface area (Å²) in [4.78, 5) is 31.9. The van der Waals surface area contributed by atoms with Crippen molar-refractivity contribution in [3.05, 3.63) is 69.7 Å². The third-order valence-electron chi connectivity index (χ3n) is 6.34. The number of unbranched alkanes of at least 4 members (excludes halogenated alkanes) is 1. The van der Waals surface area contributed by atoms with Crippen molar-refractivity contribution in [2.45, 2.75) is 19.3 Å². The second kappa shape index (κ2) is 9.52. The zero-order chi connectivity index (χ0) is 25.4. The van der Waals surface area contributed by atoms with E-state index in [2.05, 4.69) is 9.97 Å². The number of nitrogens with one attached hydrogen (secondary N) is 2. The van der Waals surface area contributed by atoms with Crippen molar-refractivity contribution in [2.24, 2.45) is 0 Å². The number of ether oxygens (including phenoxy) is 1. The minimum atomic E-state index is -1.23. The Bertz CT molecular complexity index is 1610. The van der Waals surface area contributed by atoms with Gasteiger partial charge in [0.2, 0.25) is 5.78 Å². The molecule has 184 valence electrons. The Morgan fingerprint density at radius 2 is 1.86 bits per heavy atom. The average molecular weight is 505 g/mol. The lowest BCUT2D eigenvalue weighted by molar-refractivity contribution is 0.0702. The molecule has 0 radical (unpaired) electrons. The molecule has 5 aromatic rings. The molecule has 0 amide bonds. The monoisotopic (exact) mass is 504 g/mol. The SMILES string of the molecule is COc1ccc2[nH]cc(-c3c(C(=O)O)sc(C(=O)c4c[nH]c5c(CCCCO)cccc45)c3O)c2c1. The second-order valence-electron chi connectivity index (χ2n) is 8.45. The molecule has 0 aliphatic carbocycles. The molecule has 2 aromatic carbocycles. The molecule has 0 spiro atoms. The van der Waals surface area contributed by atoms with E-state index < -0.39 is 11.8 Å². The first-order valence-electron chi connectivity index (χ1n) is 11.4. The predicted molar refractivity (Wildman–Crippen MR) is 139 cm³/mol. The molecule has 0 aliphatic rings. The Balaban J connectivity index is 1.61. The van der Waals surface area contributed by atoms with Crippen LogP contribution in [0.1, 0.15) is 43.3 Å². The average Bonchev–Trinajstić information content (AvgIpc) is 3.58. The molecule has 3 heterocycles. The standard InChI is InChI=1S/C27H24N2O6S/c1-35-15-8-9-20-17(11-15)18(12-28-20)21-24(32)26(36-25(21)27(33)34)23(31)19-13-29-22-14(5-2-3-10-30)6-4-7-16(19)22/h4,6-9,11-13,28-30,32H,2-3,5,10H2,1H3,(H,33,34). The lowest BCUT2D eigenvalue weighted by Crippen LogP contribution is -1.98. The smallest absolute Gasteiger partial charge is 0.346 e. The molecule has 8 nitrogen and oxygen atoms in total. The number of aromatic amines is 2. The van der Waals surface area contributed by atoms with Gasteiger partial charge < -0.3 is 30.0 Å². The molecule has 0 saturated carbocycles. The summed E-state index contributed by atoms with van der Waals surface area (Å²) in [5.74, 6) is -1.46. The Morgan fingerprint density at radius 1 is 1.03 bits per heavy atom. The molecular formula is C27H24N2O6S. The van der Waals surface area contributed by atoms with E-state index in [-0.39, 0.29) is 27.7 Å². The highest BCUT2D eigenvalue weighted by molar-refractivity contribution is 7.17. The lowest BCUT2D eigenvalue weighted by atomic mass is 10.00. The van der Waals surface area contributed by atoms with Crippen LogP contribution in [-0.4, -0.2) is 50.8 Å². The minimum absolute atomic E-state index is 0.0359. The summed E-state index contributed by atoms with van der Waals surface area (Å²) in [5.41, 5.74) is 3.51.